The van der Waals surface area contributed by atoms with E-state index in [1.54, 1.807) is 18.2 Å². The largest absolute Gasteiger partial charge is 0.481 e. The standard InChI is InChI=1S/C23H22Cl2O5S/c1-22(20(27)28)11-15(12-26)19(31-18-8-16(24)7-17(25)9-18)23(13-22,21(29)30)10-14-5-3-2-4-6-14/h2-9,11,19,26H,10,12-13H2,1H3,(H,27,28)(H,29,30). The molecule has 0 aliphatic heterocycles. The van der Waals surface area contributed by atoms with Crippen molar-refractivity contribution >= 4 is 46.9 Å². The first-order chi connectivity index (χ1) is 14.6. The molecular weight excluding hydrogens is 459 g/mol. The Balaban J connectivity index is 2.19. The first kappa shape index (κ1) is 23.7. The van der Waals surface area contributed by atoms with Crippen LogP contribution in [0.4, 0.5) is 0 Å². The zero-order chi connectivity index (χ0) is 22.8. The summed E-state index contributed by atoms with van der Waals surface area (Å²) in [5.74, 6) is -2.25. The second kappa shape index (κ2) is 9.25. The van der Waals surface area contributed by atoms with E-state index in [1.165, 1.54) is 24.8 Å². The smallest absolute Gasteiger partial charge is 0.313 e. The Labute approximate surface area is 194 Å². The average molecular weight is 481 g/mol. The highest BCUT2D eigenvalue weighted by atomic mass is 35.5. The van der Waals surface area contributed by atoms with Crippen LogP contribution in [0.2, 0.25) is 10.0 Å². The van der Waals surface area contributed by atoms with Crippen LogP contribution in [0.5, 0.6) is 0 Å². The summed E-state index contributed by atoms with van der Waals surface area (Å²) >= 11 is 13.5. The maximum atomic E-state index is 12.8. The summed E-state index contributed by atoms with van der Waals surface area (Å²) in [4.78, 5) is 25.6. The van der Waals surface area contributed by atoms with Gasteiger partial charge in [-0.3, -0.25) is 9.59 Å². The van der Waals surface area contributed by atoms with Crippen LogP contribution in [-0.2, 0) is 16.0 Å². The molecule has 0 bridgehead atoms. The van der Waals surface area contributed by atoms with E-state index in [4.69, 9.17) is 23.2 Å². The Bertz CT molecular complexity index is 1010. The highest BCUT2D eigenvalue weighted by Gasteiger charge is 2.56. The summed E-state index contributed by atoms with van der Waals surface area (Å²) in [6.07, 6.45) is 1.47. The Kier molecular flexibility index (Phi) is 7.06. The average Bonchev–Trinajstić information content (AvgIpc) is 2.69. The fourth-order valence-corrected chi connectivity index (χ4v) is 6.31. The molecule has 5 nitrogen and oxygen atoms in total. The maximum absolute atomic E-state index is 12.8. The highest BCUT2D eigenvalue weighted by molar-refractivity contribution is 8.00. The van der Waals surface area contributed by atoms with Crippen molar-refractivity contribution in [2.45, 2.75) is 29.9 Å². The number of hydrogen-bond acceptors (Lipinski definition) is 4. The molecule has 3 rings (SSSR count). The third kappa shape index (κ3) is 4.93. The van der Waals surface area contributed by atoms with Gasteiger partial charge in [0.2, 0.25) is 0 Å². The van der Waals surface area contributed by atoms with Crippen molar-refractivity contribution < 1.29 is 24.9 Å². The fraction of sp³-hybridized carbons (Fsp3) is 0.304. The molecule has 0 spiro atoms. The molecule has 8 heteroatoms. The van der Waals surface area contributed by atoms with Gasteiger partial charge in [0.1, 0.15) is 0 Å². The minimum atomic E-state index is -1.49. The summed E-state index contributed by atoms with van der Waals surface area (Å²) < 4.78 is 0. The molecular formula is C23H22Cl2O5S. The minimum absolute atomic E-state index is 0.106. The number of carboxylic acid groups (broad SMARTS) is 2. The number of carbonyl (C=O) groups is 2. The van der Waals surface area contributed by atoms with E-state index in [2.05, 4.69) is 0 Å². The van der Waals surface area contributed by atoms with Gasteiger partial charge in [0.15, 0.2) is 0 Å². The van der Waals surface area contributed by atoms with Gasteiger partial charge in [-0.05, 0) is 49.1 Å². The van der Waals surface area contributed by atoms with Crippen molar-refractivity contribution in [3.8, 4) is 0 Å². The van der Waals surface area contributed by atoms with E-state index >= 15 is 0 Å². The quantitative estimate of drug-likeness (QED) is 0.472. The van der Waals surface area contributed by atoms with Crippen LogP contribution in [0.25, 0.3) is 0 Å². The number of aliphatic hydroxyl groups excluding tert-OH is 1. The van der Waals surface area contributed by atoms with Crippen molar-refractivity contribution in [3.63, 3.8) is 0 Å². The van der Waals surface area contributed by atoms with Crippen molar-refractivity contribution in [1.29, 1.82) is 0 Å². The molecule has 2 aromatic rings. The van der Waals surface area contributed by atoms with Crippen molar-refractivity contribution in [2.24, 2.45) is 10.8 Å². The molecule has 2 aromatic carbocycles. The van der Waals surface area contributed by atoms with Crippen LogP contribution >= 0.6 is 35.0 Å². The molecule has 0 fully saturated rings. The Hall–Kier alpha value is -1.99. The Morgan fingerprint density at radius 1 is 1.06 bits per heavy atom. The normalized spacial score (nSPS) is 25.7. The third-order valence-electron chi connectivity index (χ3n) is 5.57. The number of thioether (sulfide) groups is 1. The molecule has 3 N–H and O–H groups in total. The van der Waals surface area contributed by atoms with E-state index in [0.29, 0.717) is 20.5 Å². The van der Waals surface area contributed by atoms with Crippen LogP contribution in [0.3, 0.4) is 0 Å². The summed E-state index contributed by atoms with van der Waals surface area (Å²) in [5, 5.41) is 30.5. The van der Waals surface area contributed by atoms with Crippen LogP contribution < -0.4 is 0 Å². The SMILES string of the molecule is CC1(C(=O)O)C=C(CO)C(Sc2cc(Cl)cc(Cl)c2)C(Cc2ccccc2)(C(=O)O)C1. The fourth-order valence-electron chi connectivity index (χ4n) is 4.20. The van der Waals surface area contributed by atoms with Gasteiger partial charge >= 0.3 is 11.9 Å². The summed E-state index contributed by atoms with van der Waals surface area (Å²) in [5.41, 5.74) is -1.79. The van der Waals surface area contributed by atoms with Gasteiger partial charge < -0.3 is 15.3 Å². The summed E-state index contributed by atoms with van der Waals surface area (Å²) in [7, 11) is 0. The van der Waals surface area contributed by atoms with Gasteiger partial charge in [-0.1, -0.05) is 59.6 Å². The second-order valence-electron chi connectivity index (χ2n) is 8.00. The van der Waals surface area contributed by atoms with Crippen LogP contribution in [0.1, 0.15) is 18.9 Å². The minimum Gasteiger partial charge on any atom is -0.481 e. The second-order valence-corrected chi connectivity index (χ2v) is 10.1. The Morgan fingerprint density at radius 3 is 2.19 bits per heavy atom. The van der Waals surface area contributed by atoms with Gasteiger partial charge in [0.25, 0.3) is 0 Å². The molecule has 0 amide bonds. The molecule has 0 radical (unpaired) electrons. The van der Waals surface area contributed by atoms with Crippen molar-refractivity contribution in [2.75, 3.05) is 6.61 Å². The molecule has 0 aromatic heterocycles. The highest BCUT2D eigenvalue weighted by Crippen LogP contribution is 2.53. The predicted octanol–water partition coefficient (Wildman–Crippen LogP) is 5.18. The maximum Gasteiger partial charge on any atom is 0.313 e. The van der Waals surface area contributed by atoms with E-state index in [1.807, 2.05) is 30.3 Å². The monoisotopic (exact) mass is 480 g/mol. The first-order valence-electron chi connectivity index (χ1n) is 9.55. The lowest BCUT2D eigenvalue weighted by atomic mass is 9.61. The molecule has 0 heterocycles. The van der Waals surface area contributed by atoms with E-state index in [0.717, 1.165) is 5.56 Å². The number of halogens is 2. The zero-order valence-electron chi connectivity index (χ0n) is 16.7. The first-order valence-corrected chi connectivity index (χ1v) is 11.2. The number of benzene rings is 2. The van der Waals surface area contributed by atoms with Gasteiger partial charge in [-0.2, -0.15) is 0 Å². The summed E-state index contributed by atoms with van der Waals surface area (Å²) in [6.45, 7) is 1.03. The number of rotatable bonds is 7. The molecule has 3 unspecified atom stereocenters. The van der Waals surface area contributed by atoms with Crippen molar-refractivity contribution in [1.82, 2.24) is 0 Å². The molecule has 164 valence electrons. The predicted molar refractivity (Wildman–Crippen MR) is 122 cm³/mol. The number of aliphatic carboxylic acids is 2. The molecule has 3 atom stereocenters. The molecule has 31 heavy (non-hydrogen) atoms. The van der Waals surface area contributed by atoms with Crippen molar-refractivity contribution in [3.05, 3.63) is 75.8 Å². The summed E-state index contributed by atoms with van der Waals surface area (Å²) in [6, 6.07) is 14.0. The van der Waals surface area contributed by atoms with Crippen LogP contribution in [0, 0.1) is 10.8 Å². The lowest BCUT2D eigenvalue weighted by molar-refractivity contribution is -0.155. The van der Waals surface area contributed by atoms with Gasteiger partial charge in [-0.15, -0.1) is 11.8 Å². The third-order valence-corrected chi connectivity index (χ3v) is 7.51. The Morgan fingerprint density at radius 2 is 1.68 bits per heavy atom. The molecule has 1 aliphatic rings. The van der Waals surface area contributed by atoms with E-state index in [9.17, 15) is 24.9 Å². The molecule has 0 saturated carbocycles. The molecule has 0 saturated heterocycles. The van der Waals surface area contributed by atoms with Gasteiger partial charge in [0, 0.05) is 20.2 Å². The lowest BCUT2D eigenvalue weighted by Crippen LogP contribution is -2.52. The van der Waals surface area contributed by atoms with Crippen LogP contribution in [-0.4, -0.2) is 39.1 Å². The zero-order valence-corrected chi connectivity index (χ0v) is 19.0. The lowest BCUT2D eigenvalue weighted by Gasteiger charge is -2.46. The van der Waals surface area contributed by atoms with Crippen LogP contribution in [0.15, 0.2) is 65.1 Å². The number of aliphatic hydroxyl groups is 1. The number of hydrogen-bond donors (Lipinski definition) is 3. The molecule has 1 aliphatic carbocycles. The van der Waals surface area contributed by atoms with Gasteiger partial charge in [-0.25, -0.2) is 0 Å². The topological polar surface area (TPSA) is 94.8 Å². The van der Waals surface area contributed by atoms with E-state index in [-0.39, 0.29) is 12.8 Å². The number of carboxylic acids is 2. The van der Waals surface area contributed by atoms with E-state index < -0.39 is 34.6 Å². The van der Waals surface area contributed by atoms with Gasteiger partial charge in [0.05, 0.1) is 17.4 Å².